The Balaban J connectivity index is 2.43. The van der Waals surface area contributed by atoms with Crippen molar-refractivity contribution in [3.8, 4) is 0 Å². The number of carbonyl (C=O) groups excluding carboxylic acids is 1. The van der Waals surface area contributed by atoms with Crippen molar-refractivity contribution >= 4 is 5.78 Å². The minimum Gasteiger partial charge on any atom is -0.299 e. The largest absolute Gasteiger partial charge is 0.299 e. The van der Waals surface area contributed by atoms with Gasteiger partial charge in [-0.1, -0.05) is 26.0 Å². The van der Waals surface area contributed by atoms with E-state index in [2.05, 4.69) is 0 Å². The summed E-state index contributed by atoms with van der Waals surface area (Å²) in [6.45, 7) is 5.57. The number of halogens is 1. The van der Waals surface area contributed by atoms with Gasteiger partial charge in [-0.05, 0) is 37.0 Å². The summed E-state index contributed by atoms with van der Waals surface area (Å²) in [5.74, 6) is 0.232. The van der Waals surface area contributed by atoms with Crippen molar-refractivity contribution in [2.24, 2.45) is 5.92 Å². The Hall–Kier alpha value is -1.18. The van der Waals surface area contributed by atoms with Crippen LogP contribution in [0.3, 0.4) is 0 Å². The molecule has 0 bridgehead atoms. The Morgan fingerprint density at radius 1 is 1.38 bits per heavy atom. The molecular weight excluding hydrogens is 203 g/mol. The summed E-state index contributed by atoms with van der Waals surface area (Å²) in [6, 6.07) is 5.28. The normalized spacial score (nSPS) is 10.8. The van der Waals surface area contributed by atoms with E-state index in [9.17, 15) is 9.18 Å². The van der Waals surface area contributed by atoms with Gasteiger partial charge in [-0.15, -0.1) is 0 Å². The lowest BCUT2D eigenvalue weighted by atomic mass is 10.0. The monoisotopic (exact) mass is 222 g/mol. The summed E-state index contributed by atoms with van der Waals surface area (Å²) in [5.41, 5.74) is 1.64. The lowest BCUT2D eigenvalue weighted by Crippen LogP contribution is -2.06. The Morgan fingerprint density at radius 2 is 2.06 bits per heavy atom. The maximum absolute atomic E-state index is 13.2. The minimum absolute atomic E-state index is 0.106. The number of aryl methyl sites for hydroxylation is 2. The van der Waals surface area contributed by atoms with Gasteiger partial charge >= 0.3 is 0 Å². The van der Waals surface area contributed by atoms with Crippen LogP contribution in [0.4, 0.5) is 4.39 Å². The Kier molecular flexibility index (Phi) is 4.66. The van der Waals surface area contributed by atoms with Crippen LogP contribution >= 0.6 is 0 Å². The molecule has 0 amide bonds. The molecule has 0 spiro atoms. The first-order chi connectivity index (χ1) is 7.50. The highest BCUT2D eigenvalue weighted by molar-refractivity contribution is 5.80. The van der Waals surface area contributed by atoms with E-state index in [1.807, 2.05) is 19.9 Å². The van der Waals surface area contributed by atoms with Crippen molar-refractivity contribution in [1.29, 1.82) is 0 Å². The van der Waals surface area contributed by atoms with Crippen LogP contribution in [0.5, 0.6) is 0 Å². The van der Waals surface area contributed by atoms with Crippen LogP contribution in [0, 0.1) is 18.7 Å². The highest BCUT2D eigenvalue weighted by Crippen LogP contribution is 2.12. The van der Waals surface area contributed by atoms with E-state index in [1.165, 1.54) is 0 Å². The molecule has 1 nitrogen and oxygen atoms in total. The second-order valence-electron chi connectivity index (χ2n) is 4.56. The van der Waals surface area contributed by atoms with Gasteiger partial charge in [0.2, 0.25) is 0 Å². The van der Waals surface area contributed by atoms with Crippen LogP contribution in [-0.4, -0.2) is 5.78 Å². The number of rotatable bonds is 5. The van der Waals surface area contributed by atoms with Gasteiger partial charge in [-0.3, -0.25) is 4.79 Å². The molecule has 0 fully saturated rings. The number of hydrogen-bond donors (Lipinski definition) is 0. The first-order valence-corrected chi connectivity index (χ1v) is 5.78. The van der Waals surface area contributed by atoms with Gasteiger partial charge in [0.1, 0.15) is 11.6 Å². The van der Waals surface area contributed by atoms with E-state index < -0.39 is 0 Å². The van der Waals surface area contributed by atoms with E-state index >= 15 is 0 Å². The minimum atomic E-state index is -0.160. The quantitative estimate of drug-likeness (QED) is 0.742. The molecule has 1 aromatic rings. The third kappa shape index (κ3) is 3.76. The molecule has 0 N–H and O–H groups in total. The fourth-order valence-corrected chi connectivity index (χ4v) is 1.55. The van der Waals surface area contributed by atoms with E-state index in [0.717, 1.165) is 18.4 Å². The van der Waals surface area contributed by atoms with Crippen LogP contribution in [0.1, 0.15) is 37.8 Å². The fraction of sp³-hybridized carbons (Fsp3) is 0.500. The number of benzene rings is 1. The van der Waals surface area contributed by atoms with Gasteiger partial charge in [-0.25, -0.2) is 4.39 Å². The summed E-state index contributed by atoms with van der Waals surface area (Å²) in [5, 5.41) is 0. The summed E-state index contributed by atoms with van der Waals surface area (Å²) >= 11 is 0. The second kappa shape index (κ2) is 5.78. The predicted molar refractivity (Wildman–Crippen MR) is 63.9 cm³/mol. The lowest BCUT2D eigenvalue weighted by molar-refractivity contribution is -0.121. The molecule has 0 heterocycles. The van der Waals surface area contributed by atoms with Crippen molar-refractivity contribution in [2.75, 3.05) is 0 Å². The highest BCUT2D eigenvalue weighted by atomic mass is 19.1. The van der Waals surface area contributed by atoms with Gasteiger partial charge < -0.3 is 0 Å². The third-order valence-electron chi connectivity index (χ3n) is 2.77. The molecule has 0 radical (unpaired) electrons. The zero-order valence-electron chi connectivity index (χ0n) is 10.2. The van der Waals surface area contributed by atoms with Gasteiger partial charge in [0.05, 0.1) is 0 Å². The number of Topliss-reactive ketones (excluding diaryl/α,β-unsaturated/α-hetero) is 1. The van der Waals surface area contributed by atoms with Gasteiger partial charge in [0, 0.05) is 12.3 Å². The zero-order chi connectivity index (χ0) is 12.1. The van der Waals surface area contributed by atoms with E-state index in [4.69, 9.17) is 0 Å². The molecule has 1 aromatic carbocycles. The van der Waals surface area contributed by atoms with Gasteiger partial charge in [-0.2, -0.15) is 0 Å². The molecule has 0 aromatic heterocycles. The fourth-order valence-electron chi connectivity index (χ4n) is 1.55. The number of hydrogen-bond acceptors (Lipinski definition) is 1. The molecule has 0 aliphatic heterocycles. The van der Waals surface area contributed by atoms with Gasteiger partial charge in [0.15, 0.2) is 0 Å². The molecule has 0 saturated carbocycles. The van der Waals surface area contributed by atoms with Crippen molar-refractivity contribution in [2.45, 2.75) is 40.0 Å². The molecule has 0 atom stereocenters. The maximum Gasteiger partial charge on any atom is 0.135 e. The van der Waals surface area contributed by atoms with Crippen molar-refractivity contribution in [1.82, 2.24) is 0 Å². The van der Waals surface area contributed by atoms with Crippen LogP contribution in [-0.2, 0) is 11.2 Å². The zero-order valence-corrected chi connectivity index (χ0v) is 10.2. The first kappa shape index (κ1) is 12.9. The topological polar surface area (TPSA) is 17.1 Å². The summed E-state index contributed by atoms with van der Waals surface area (Å²) in [6.07, 6.45) is 2.17. The maximum atomic E-state index is 13.2. The summed E-state index contributed by atoms with van der Waals surface area (Å²) in [4.78, 5) is 11.4. The molecule has 88 valence electrons. The molecule has 0 aliphatic carbocycles. The summed E-state index contributed by atoms with van der Waals surface area (Å²) < 4.78 is 13.2. The Bertz CT molecular complexity index is 369. The van der Waals surface area contributed by atoms with Crippen LogP contribution in [0.25, 0.3) is 0 Å². The van der Waals surface area contributed by atoms with Crippen LogP contribution in [0.15, 0.2) is 18.2 Å². The molecule has 1 rings (SSSR count). The lowest BCUT2D eigenvalue weighted by Gasteiger charge is -2.05. The standard InChI is InChI=1S/C14H19FO/c1-10(2)14(16)6-4-5-12-8-7-11(3)13(15)9-12/h7-10H,4-6H2,1-3H3. The highest BCUT2D eigenvalue weighted by Gasteiger charge is 2.07. The third-order valence-corrected chi connectivity index (χ3v) is 2.77. The Labute approximate surface area is 96.7 Å². The second-order valence-corrected chi connectivity index (χ2v) is 4.56. The number of carbonyl (C=O) groups is 1. The molecular formula is C14H19FO. The number of ketones is 1. The van der Waals surface area contributed by atoms with Crippen molar-refractivity contribution < 1.29 is 9.18 Å². The molecule has 0 saturated heterocycles. The average molecular weight is 222 g/mol. The molecule has 0 unspecified atom stereocenters. The first-order valence-electron chi connectivity index (χ1n) is 5.78. The van der Waals surface area contributed by atoms with Crippen molar-refractivity contribution in [3.05, 3.63) is 35.1 Å². The van der Waals surface area contributed by atoms with E-state index in [-0.39, 0.29) is 17.5 Å². The molecule has 2 heteroatoms. The van der Waals surface area contributed by atoms with E-state index in [1.54, 1.807) is 19.1 Å². The van der Waals surface area contributed by atoms with Crippen LogP contribution < -0.4 is 0 Å². The smallest absolute Gasteiger partial charge is 0.135 e. The summed E-state index contributed by atoms with van der Waals surface area (Å²) in [7, 11) is 0. The molecule has 16 heavy (non-hydrogen) atoms. The van der Waals surface area contributed by atoms with E-state index in [0.29, 0.717) is 12.0 Å². The SMILES string of the molecule is Cc1ccc(CCCC(=O)C(C)C)cc1F. The van der Waals surface area contributed by atoms with Crippen molar-refractivity contribution in [3.63, 3.8) is 0 Å². The van der Waals surface area contributed by atoms with Gasteiger partial charge in [0.25, 0.3) is 0 Å². The molecule has 0 aliphatic rings. The van der Waals surface area contributed by atoms with Crippen LogP contribution in [0.2, 0.25) is 0 Å². The predicted octanol–water partition coefficient (Wildman–Crippen LogP) is 3.68. The Morgan fingerprint density at radius 3 is 2.62 bits per heavy atom. The average Bonchev–Trinajstić information content (AvgIpc) is 2.23.